The van der Waals surface area contributed by atoms with Gasteiger partial charge in [0.1, 0.15) is 11.6 Å². The Kier molecular flexibility index (Phi) is 3.72. The normalized spacial score (nSPS) is 17.2. The summed E-state index contributed by atoms with van der Waals surface area (Å²) in [5.74, 6) is 1.97. The molecule has 0 bridgehead atoms. The number of hydrogen-bond acceptors (Lipinski definition) is 4. The minimum Gasteiger partial charge on any atom is -0.355 e. The number of aromatic nitrogens is 2. The Hall–Kier alpha value is -1.16. The second-order valence-electron chi connectivity index (χ2n) is 4.21. The molecule has 1 aromatic heterocycles. The average molecular weight is 220 g/mol. The van der Waals surface area contributed by atoms with Crippen LogP contribution in [0.1, 0.15) is 24.9 Å². The fourth-order valence-electron chi connectivity index (χ4n) is 2.03. The third-order valence-corrected chi connectivity index (χ3v) is 2.90. The van der Waals surface area contributed by atoms with Crippen LogP contribution in [0.25, 0.3) is 0 Å². The minimum atomic E-state index is 0.881. The molecule has 1 N–H and O–H groups in total. The molecule has 4 heteroatoms. The maximum atomic E-state index is 4.53. The number of rotatable bonds is 2. The van der Waals surface area contributed by atoms with Crippen molar-refractivity contribution in [2.75, 3.05) is 31.1 Å². The van der Waals surface area contributed by atoms with Crippen LogP contribution < -0.4 is 10.2 Å². The third kappa shape index (κ3) is 2.70. The summed E-state index contributed by atoms with van der Waals surface area (Å²) in [5, 5.41) is 3.41. The monoisotopic (exact) mass is 220 g/mol. The number of hydrogen-bond donors (Lipinski definition) is 1. The van der Waals surface area contributed by atoms with Gasteiger partial charge in [-0.05, 0) is 26.3 Å². The molecule has 0 spiro atoms. The van der Waals surface area contributed by atoms with Gasteiger partial charge in [0.25, 0.3) is 0 Å². The topological polar surface area (TPSA) is 41.0 Å². The lowest BCUT2D eigenvalue weighted by molar-refractivity contribution is 0.724. The number of aryl methyl sites for hydroxylation is 2. The molecule has 1 aliphatic heterocycles. The lowest BCUT2D eigenvalue weighted by Crippen LogP contribution is -2.29. The maximum absolute atomic E-state index is 4.53. The smallest absolute Gasteiger partial charge is 0.132 e. The van der Waals surface area contributed by atoms with Gasteiger partial charge < -0.3 is 10.2 Å². The molecule has 1 saturated heterocycles. The van der Waals surface area contributed by atoms with Gasteiger partial charge in [-0.25, -0.2) is 9.97 Å². The zero-order valence-electron chi connectivity index (χ0n) is 10.2. The maximum Gasteiger partial charge on any atom is 0.132 e. The van der Waals surface area contributed by atoms with Crippen LogP contribution in [0.4, 0.5) is 5.82 Å². The van der Waals surface area contributed by atoms with Crippen molar-refractivity contribution in [1.29, 1.82) is 0 Å². The largest absolute Gasteiger partial charge is 0.355 e. The molecule has 0 amide bonds. The first-order valence-electron chi connectivity index (χ1n) is 6.10. The zero-order valence-corrected chi connectivity index (χ0v) is 10.2. The van der Waals surface area contributed by atoms with E-state index in [1.54, 1.807) is 0 Å². The van der Waals surface area contributed by atoms with Gasteiger partial charge in [0.2, 0.25) is 0 Å². The molecule has 0 atom stereocenters. The highest BCUT2D eigenvalue weighted by Crippen LogP contribution is 2.14. The van der Waals surface area contributed by atoms with E-state index < -0.39 is 0 Å². The Morgan fingerprint density at radius 3 is 3.00 bits per heavy atom. The molecule has 0 radical (unpaired) electrons. The van der Waals surface area contributed by atoms with Gasteiger partial charge in [0.15, 0.2) is 0 Å². The van der Waals surface area contributed by atoms with E-state index in [4.69, 9.17) is 0 Å². The zero-order chi connectivity index (χ0) is 11.4. The molecule has 1 fully saturated rings. The van der Waals surface area contributed by atoms with Crippen LogP contribution in [-0.2, 0) is 6.42 Å². The lowest BCUT2D eigenvalue weighted by atomic mass is 10.3. The van der Waals surface area contributed by atoms with Crippen molar-refractivity contribution in [3.8, 4) is 0 Å². The van der Waals surface area contributed by atoms with Gasteiger partial charge in [-0.15, -0.1) is 0 Å². The second-order valence-corrected chi connectivity index (χ2v) is 4.21. The van der Waals surface area contributed by atoms with Crippen molar-refractivity contribution in [2.45, 2.75) is 26.7 Å². The summed E-state index contributed by atoms with van der Waals surface area (Å²) in [5.41, 5.74) is 1.14. The number of anilines is 1. The van der Waals surface area contributed by atoms with Crippen LogP contribution in [0.2, 0.25) is 0 Å². The van der Waals surface area contributed by atoms with Gasteiger partial charge in [-0.2, -0.15) is 0 Å². The fraction of sp³-hybridized carbons (Fsp3) is 0.667. The van der Waals surface area contributed by atoms with Crippen LogP contribution in [0.3, 0.4) is 0 Å². The van der Waals surface area contributed by atoms with E-state index in [2.05, 4.69) is 33.2 Å². The molecule has 88 valence electrons. The molecular formula is C12H20N4. The summed E-state index contributed by atoms with van der Waals surface area (Å²) >= 11 is 0. The van der Waals surface area contributed by atoms with Gasteiger partial charge >= 0.3 is 0 Å². The Labute approximate surface area is 97.1 Å². The van der Waals surface area contributed by atoms with E-state index in [1.165, 1.54) is 6.42 Å². The summed E-state index contributed by atoms with van der Waals surface area (Å²) in [4.78, 5) is 11.3. The summed E-state index contributed by atoms with van der Waals surface area (Å²) in [7, 11) is 0. The molecule has 0 unspecified atom stereocenters. The van der Waals surface area contributed by atoms with Crippen LogP contribution in [0.15, 0.2) is 6.07 Å². The van der Waals surface area contributed by atoms with Crippen molar-refractivity contribution in [3.63, 3.8) is 0 Å². The molecule has 0 saturated carbocycles. The van der Waals surface area contributed by atoms with Crippen LogP contribution >= 0.6 is 0 Å². The summed E-state index contributed by atoms with van der Waals surface area (Å²) in [6, 6.07) is 2.12. The highest BCUT2D eigenvalue weighted by atomic mass is 15.2. The highest BCUT2D eigenvalue weighted by Gasteiger charge is 2.11. The first-order valence-corrected chi connectivity index (χ1v) is 6.10. The standard InChI is InChI=1S/C12H20N4/c1-3-11-9-12(15-10(2)14-11)16-7-4-5-13-6-8-16/h9,13H,3-8H2,1-2H3. The van der Waals surface area contributed by atoms with Crippen molar-refractivity contribution in [1.82, 2.24) is 15.3 Å². The molecule has 0 aromatic carbocycles. The SMILES string of the molecule is CCc1cc(N2CCCNCC2)nc(C)n1. The van der Waals surface area contributed by atoms with E-state index >= 15 is 0 Å². The Morgan fingerprint density at radius 2 is 2.19 bits per heavy atom. The van der Waals surface area contributed by atoms with E-state index in [0.717, 1.165) is 49.9 Å². The van der Waals surface area contributed by atoms with Gasteiger partial charge in [0.05, 0.1) is 0 Å². The van der Waals surface area contributed by atoms with E-state index in [-0.39, 0.29) is 0 Å². The van der Waals surface area contributed by atoms with Gasteiger partial charge in [-0.3, -0.25) is 0 Å². The Morgan fingerprint density at radius 1 is 1.31 bits per heavy atom. The van der Waals surface area contributed by atoms with Crippen LogP contribution in [-0.4, -0.2) is 36.1 Å². The molecule has 4 nitrogen and oxygen atoms in total. The molecule has 0 aliphatic carbocycles. The first kappa shape index (κ1) is 11.3. The Bertz CT molecular complexity index is 343. The first-order chi connectivity index (χ1) is 7.79. The fourth-order valence-corrected chi connectivity index (χ4v) is 2.03. The predicted molar refractivity (Wildman–Crippen MR) is 65.8 cm³/mol. The predicted octanol–water partition coefficient (Wildman–Crippen LogP) is 1.15. The van der Waals surface area contributed by atoms with Crippen molar-refractivity contribution < 1.29 is 0 Å². The molecule has 1 aromatic rings. The molecule has 2 rings (SSSR count). The van der Waals surface area contributed by atoms with Gasteiger partial charge in [0, 0.05) is 31.4 Å². The molecule has 2 heterocycles. The minimum absolute atomic E-state index is 0.881. The summed E-state index contributed by atoms with van der Waals surface area (Å²) in [6.45, 7) is 8.40. The van der Waals surface area contributed by atoms with Crippen LogP contribution in [0, 0.1) is 6.92 Å². The number of nitrogens with zero attached hydrogens (tertiary/aromatic N) is 3. The van der Waals surface area contributed by atoms with Crippen LogP contribution in [0.5, 0.6) is 0 Å². The van der Waals surface area contributed by atoms with E-state index in [9.17, 15) is 0 Å². The number of nitrogens with one attached hydrogen (secondary N) is 1. The second kappa shape index (κ2) is 5.25. The molecular weight excluding hydrogens is 200 g/mol. The van der Waals surface area contributed by atoms with Gasteiger partial charge in [-0.1, -0.05) is 6.92 Å². The van der Waals surface area contributed by atoms with E-state index in [0.29, 0.717) is 0 Å². The summed E-state index contributed by atoms with van der Waals surface area (Å²) < 4.78 is 0. The molecule has 1 aliphatic rings. The quantitative estimate of drug-likeness (QED) is 0.811. The van der Waals surface area contributed by atoms with Crippen molar-refractivity contribution in [2.24, 2.45) is 0 Å². The Balaban J connectivity index is 2.20. The van der Waals surface area contributed by atoms with Crippen molar-refractivity contribution >= 4 is 5.82 Å². The van der Waals surface area contributed by atoms with E-state index in [1.807, 2.05) is 6.92 Å². The van der Waals surface area contributed by atoms with Crippen molar-refractivity contribution in [3.05, 3.63) is 17.6 Å². The lowest BCUT2D eigenvalue weighted by Gasteiger charge is -2.21. The third-order valence-electron chi connectivity index (χ3n) is 2.90. The summed E-state index contributed by atoms with van der Waals surface area (Å²) in [6.07, 6.45) is 2.16. The highest BCUT2D eigenvalue weighted by molar-refractivity contribution is 5.40. The average Bonchev–Trinajstić information content (AvgIpc) is 2.56. The molecule has 16 heavy (non-hydrogen) atoms.